The molecule has 104 valence electrons. The summed E-state index contributed by atoms with van der Waals surface area (Å²) in [5.41, 5.74) is 3.71. The summed E-state index contributed by atoms with van der Waals surface area (Å²) < 4.78 is 0. The van der Waals surface area contributed by atoms with Crippen molar-refractivity contribution in [1.29, 1.82) is 0 Å². The Hall–Kier alpha value is -1.74. The van der Waals surface area contributed by atoms with Gasteiger partial charge in [-0.05, 0) is 43.4 Å². The first kappa shape index (κ1) is 14.7. The third-order valence-electron chi connectivity index (χ3n) is 3.07. The third-order valence-corrected chi connectivity index (χ3v) is 4.03. The maximum atomic E-state index is 12.4. The highest BCUT2D eigenvalue weighted by molar-refractivity contribution is 7.99. The van der Waals surface area contributed by atoms with Gasteiger partial charge in [-0.25, -0.2) is 0 Å². The maximum Gasteiger partial charge on any atom is 0.255 e. The highest BCUT2D eigenvalue weighted by atomic mass is 32.2. The van der Waals surface area contributed by atoms with Crippen LogP contribution in [0.5, 0.6) is 0 Å². The molecule has 2 aromatic rings. The van der Waals surface area contributed by atoms with Crippen LogP contribution in [0, 0.1) is 13.8 Å². The van der Waals surface area contributed by atoms with Gasteiger partial charge in [-0.1, -0.05) is 36.8 Å². The molecule has 0 aliphatic heterocycles. The standard InChI is InChI=1S/C17H19NOS/c1-4-20-16-8-6-5-7-15(16)18-17(19)14-11-12(2)9-10-13(14)3/h5-11H,4H2,1-3H3,(H,18,19). The van der Waals surface area contributed by atoms with Crippen molar-refractivity contribution in [3.05, 3.63) is 59.2 Å². The van der Waals surface area contributed by atoms with Crippen molar-refractivity contribution in [2.75, 3.05) is 11.1 Å². The van der Waals surface area contributed by atoms with E-state index in [-0.39, 0.29) is 5.91 Å². The average molecular weight is 285 g/mol. The molecule has 3 heteroatoms. The second-order valence-corrected chi connectivity index (χ2v) is 6.01. The molecule has 0 aliphatic rings. The minimum absolute atomic E-state index is 0.0460. The quantitative estimate of drug-likeness (QED) is 0.827. The van der Waals surface area contributed by atoms with Crippen LogP contribution in [0.1, 0.15) is 28.4 Å². The summed E-state index contributed by atoms with van der Waals surface area (Å²) >= 11 is 1.73. The number of para-hydroxylation sites is 1. The zero-order valence-corrected chi connectivity index (χ0v) is 12.9. The van der Waals surface area contributed by atoms with Crippen LogP contribution in [0.15, 0.2) is 47.4 Å². The molecule has 0 bridgehead atoms. The van der Waals surface area contributed by atoms with Gasteiger partial charge in [0.25, 0.3) is 5.91 Å². The first-order valence-electron chi connectivity index (χ1n) is 6.72. The first-order valence-corrected chi connectivity index (χ1v) is 7.71. The Labute approximate surface area is 124 Å². The number of carbonyl (C=O) groups is 1. The number of rotatable bonds is 4. The average Bonchev–Trinajstić information content (AvgIpc) is 2.44. The normalized spacial score (nSPS) is 10.3. The minimum atomic E-state index is -0.0460. The van der Waals surface area contributed by atoms with Gasteiger partial charge in [-0.3, -0.25) is 4.79 Å². The lowest BCUT2D eigenvalue weighted by Gasteiger charge is -2.11. The topological polar surface area (TPSA) is 29.1 Å². The SMILES string of the molecule is CCSc1ccccc1NC(=O)c1cc(C)ccc1C. The second kappa shape index (κ2) is 6.62. The fraction of sp³-hybridized carbons (Fsp3) is 0.235. The summed E-state index contributed by atoms with van der Waals surface area (Å²) in [6.45, 7) is 6.06. The lowest BCUT2D eigenvalue weighted by molar-refractivity contribution is 0.102. The van der Waals surface area contributed by atoms with Crippen LogP contribution >= 0.6 is 11.8 Å². The van der Waals surface area contributed by atoms with Gasteiger partial charge in [-0.2, -0.15) is 0 Å². The highest BCUT2D eigenvalue weighted by Gasteiger charge is 2.11. The minimum Gasteiger partial charge on any atom is -0.321 e. The number of benzene rings is 2. The summed E-state index contributed by atoms with van der Waals surface area (Å²) in [5, 5.41) is 3.02. The highest BCUT2D eigenvalue weighted by Crippen LogP contribution is 2.27. The number of nitrogens with one attached hydrogen (secondary N) is 1. The molecule has 0 aliphatic carbocycles. The smallest absolute Gasteiger partial charge is 0.255 e. The van der Waals surface area contributed by atoms with Gasteiger partial charge in [-0.15, -0.1) is 11.8 Å². The van der Waals surface area contributed by atoms with Gasteiger partial charge >= 0.3 is 0 Å². The molecule has 20 heavy (non-hydrogen) atoms. The zero-order valence-electron chi connectivity index (χ0n) is 12.1. The van der Waals surface area contributed by atoms with E-state index in [4.69, 9.17) is 0 Å². The fourth-order valence-corrected chi connectivity index (χ4v) is 2.78. The Morgan fingerprint density at radius 1 is 1.15 bits per heavy atom. The van der Waals surface area contributed by atoms with Crippen molar-refractivity contribution in [2.45, 2.75) is 25.7 Å². The van der Waals surface area contributed by atoms with E-state index in [1.54, 1.807) is 11.8 Å². The van der Waals surface area contributed by atoms with Crippen molar-refractivity contribution in [3.8, 4) is 0 Å². The van der Waals surface area contributed by atoms with E-state index in [1.807, 2.05) is 56.3 Å². The van der Waals surface area contributed by atoms with Crippen molar-refractivity contribution in [2.24, 2.45) is 0 Å². The Bertz CT molecular complexity index is 622. The molecule has 2 aromatic carbocycles. The Kier molecular flexibility index (Phi) is 4.85. The van der Waals surface area contributed by atoms with Crippen molar-refractivity contribution in [1.82, 2.24) is 0 Å². The molecule has 0 aromatic heterocycles. The molecule has 1 amide bonds. The molecular formula is C17H19NOS. The number of carbonyl (C=O) groups excluding carboxylic acids is 1. The summed E-state index contributed by atoms with van der Waals surface area (Å²) in [6.07, 6.45) is 0. The summed E-state index contributed by atoms with van der Waals surface area (Å²) in [7, 11) is 0. The molecule has 0 unspecified atom stereocenters. The predicted molar refractivity (Wildman–Crippen MR) is 86.7 cm³/mol. The van der Waals surface area contributed by atoms with Gasteiger partial charge in [0.1, 0.15) is 0 Å². The molecule has 0 spiro atoms. The number of hydrogen-bond acceptors (Lipinski definition) is 2. The van der Waals surface area contributed by atoms with E-state index in [0.717, 1.165) is 33.0 Å². The number of amides is 1. The van der Waals surface area contributed by atoms with E-state index in [9.17, 15) is 4.79 Å². The van der Waals surface area contributed by atoms with E-state index in [2.05, 4.69) is 12.2 Å². The molecule has 0 atom stereocenters. The molecule has 0 heterocycles. The third kappa shape index (κ3) is 3.42. The van der Waals surface area contributed by atoms with Crippen molar-refractivity contribution in [3.63, 3.8) is 0 Å². The molecule has 0 fully saturated rings. The van der Waals surface area contributed by atoms with Gasteiger partial charge in [0.05, 0.1) is 5.69 Å². The lowest BCUT2D eigenvalue weighted by atomic mass is 10.1. The second-order valence-electron chi connectivity index (χ2n) is 4.70. The maximum absolute atomic E-state index is 12.4. The van der Waals surface area contributed by atoms with Gasteiger partial charge in [0.15, 0.2) is 0 Å². The van der Waals surface area contributed by atoms with Gasteiger partial charge in [0, 0.05) is 10.5 Å². The summed E-state index contributed by atoms with van der Waals surface area (Å²) in [6, 6.07) is 13.8. The van der Waals surface area contributed by atoms with Crippen LogP contribution in [-0.4, -0.2) is 11.7 Å². The molecular weight excluding hydrogens is 266 g/mol. The van der Waals surface area contributed by atoms with Crippen molar-refractivity contribution < 1.29 is 4.79 Å². The molecule has 2 rings (SSSR count). The molecule has 0 saturated heterocycles. The van der Waals surface area contributed by atoms with Crippen LogP contribution in [-0.2, 0) is 0 Å². The first-order chi connectivity index (χ1) is 9.61. The largest absolute Gasteiger partial charge is 0.321 e. The summed E-state index contributed by atoms with van der Waals surface area (Å²) in [5.74, 6) is 0.937. The van der Waals surface area contributed by atoms with Crippen LogP contribution < -0.4 is 5.32 Å². The zero-order chi connectivity index (χ0) is 14.5. The van der Waals surface area contributed by atoms with Crippen molar-refractivity contribution >= 4 is 23.4 Å². The van der Waals surface area contributed by atoms with Crippen LogP contribution in [0.4, 0.5) is 5.69 Å². The fourth-order valence-electron chi connectivity index (χ4n) is 2.02. The Balaban J connectivity index is 2.26. The summed E-state index contributed by atoms with van der Waals surface area (Å²) in [4.78, 5) is 13.5. The molecule has 1 N–H and O–H groups in total. The monoisotopic (exact) mass is 285 g/mol. The van der Waals surface area contributed by atoms with E-state index in [1.165, 1.54) is 0 Å². The van der Waals surface area contributed by atoms with E-state index < -0.39 is 0 Å². The van der Waals surface area contributed by atoms with Gasteiger partial charge in [0.2, 0.25) is 0 Å². The number of aryl methyl sites for hydroxylation is 2. The number of thioether (sulfide) groups is 1. The van der Waals surface area contributed by atoms with Crippen LogP contribution in [0.2, 0.25) is 0 Å². The Morgan fingerprint density at radius 2 is 1.90 bits per heavy atom. The molecule has 2 nitrogen and oxygen atoms in total. The molecule has 0 radical (unpaired) electrons. The van der Waals surface area contributed by atoms with Crippen LogP contribution in [0.3, 0.4) is 0 Å². The number of hydrogen-bond donors (Lipinski definition) is 1. The van der Waals surface area contributed by atoms with Crippen LogP contribution in [0.25, 0.3) is 0 Å². The lowest BCUT2D eigenvalue weighted by Crippen LogP contribution is -2.14. The number of anilines is 1. The van der Waals surface area contributed by atoms with E-state index in [0.29, 0.717) is 0 Å². The van der Waals surface area contributed by atoms with E-state index >= 15 is 0 Å². The predicted octanol–water partition coefficient (Wildman–Crippen LogP) is 4.67. The van der Waals surface area contributed by atoms with Gasteiger partial charge < -0.3 is 5.32 Å². The Morgan fingerprint density at radius 3 is 2.65 bits per heavy atom. The molecule has 0 saturated carbocycles.